The van der Waals surface area contributed by atoms with Gasteiger partial charge < -0.3 is 4.74 Å². The summed E-state index contributed by atoms with van der Waals surface area (Å²) in [7, 11) is 0. The first-order valence-corrected chi connectivity index (χ1v) is 9.87. The van der Waals surface area contributed by atoms with E-state index in [1.54, 1.807) is 48.5 Å². The SMILES string of the molecule is CCc1ccc(C(=O)COC(=O)c2ccccc2N2C(=O)c3ccccc3C2=O)cc1. The van der Waals surface area contributed by atoms with Crippen LogP contribution >= 0.6 is 0 Å². The van der Waals surface area contributed by atoms with Gasteiger partial charge in [0.1, 0.15) is 0 Å². The second-order valence-electron chi connectivity index (χ2n) is 7.06. The predicted octanol–water partition coefficient (Wildman–Crippen LogP) is 4.09. The molecule has 0 bridgehead atoms. The third-order valence-electron chi connectivity index (χ3n) is 5.18. The minimum Gasteiger partial charge on any atom is -0.454 e. The van der Waals surface area contributed by atoms with E-state index in [9.17, 15) is 19.2 Å². The molecule has 1 heterocycles. The molecule has 0 atom stereocenters. The van der Waals surface area contributed by atoms with Gasteiger partial charge >= 0.3 is 5.97 Å². The number of Topliss-reactive ketones (excluding diaryl/α,β-unsaturated/α-hetero) is 1. The lowest BCUT2D eigenvalue weighted by atomic mass is 10.1. The number of amides is 2. The molecule has 3 aromatic carbocycles. The Morgan fingerprint density at radius 2 is 1.39 bits per heavy atom. The molecule has 0 aromatic heterocycles. The summed E-state index contributed by atoms with van der Waals surface area (Å²) < 4.78 is 5.21. The van der Waals surface area contributed by atoms with E-state index in [1.807, 2.05) is 19.1 Å². The highest BCUT2D eigenvalue weighted by Gasteiger charge is 2.38. The van der Waals surface area contributed by atoms with Crippen molar-refractivity contribution in [3.05, 3.63) is 101 Å². The molecular weight excluding hydrogens is 394 g/mol. The summed E-state index contributed by atoms with van der Waals surface area (Å²) in [6.07, 6.45) is 0.859. The van der Waals surface area contributed by atoms with E-state index in [0.717, 1.165) is 16.9 Å². The fourth-order valence-corrected chi connectivity index (χ4v) is 3.47. The van der Waals surface area contributed by atoms with Gasteiger partial charge in [0.2, 0.25) is 0 Å². The number of hydrogen-bond acceptors (Lipinski definition) is 5. The molecule has 0 fully saturated rings. The lowest BCUT2D eigenvalue weighted by Crippen LogP contribution is -2.31. The number of fused-ring (bicyclic) bond motifs is 1. The Hall–Kier alpha value is -4.06. The third kappa shape index (κ3) is 3.75. The molecule has 0 N–H and O–H groups in total. The van der Waals surface area contributed by atoms with Crippen LogP contribution < -0.4 is 4.90 Å². The zero-order valence-electron chi connectivity index (χ0n) is 16.8. The van der Waals surface area contributed by atoms with E-state index in [1.165, 1.54) is 12.1 Å². The number of ketones is 1. The largest absolute Gasteiger partial charge is 0.454 e. The standard InChI is InChI=1S/C25H19NO5/c1-2-16-11-13-17(14-12-16)22(27)15-31-25(30)20-9-5-6-10-21(20)26-23(28)18-7-3-4-8-19(18)24(26)29/h3-14H,2,15H2,1H3. The fraction of sp³-hybridized carbons (Fsp3) is 0.120. The average molecular weight is 413 g/mol. The second-order valence-corrected chi connectivity index (χ2v) is 7.06. The second kappa shape index (κ2) is 8.36. The van der Waals surface area contributed by atoms with Crippen LogP contribution in [-0.2, 0) is 11.2 Å². The van der Waals surface area contributed by atoms with Crippen molar-refractivity contribution >= 4 is 29.3 Å². The lowest BCUT2D eigenvalue weighted by molar-refractivity contribution is 0.0475. The van der Waals surface area contributed by atoms with Crippen LogP contribution in [-0.4, -0.2) is 30.2 Å². The van der Waals surface area contributed by atoms with Gasteiger partial charge in [-0.2, -0.15) is 0 Å². The molecule has 2 amide bonds. The summed E-state index contributed by atoms with van der Waals surface area (Å²) in [5.41, 5.74) is 2.26. The average Bonchev–Trinajstić information content (AvgIpc) is 3.07. The van der Waals surface area contributed by atoms with Crippen molar-refractivity contribution in [2.24, 2.45) is 0 Å². The number of esters is 1. The molecule has 0 aliphatic carbocycles. The molecule has 0 radical (unpaired) electrons. The monoisotopic (exact) mass is 413 g/mol. The number of hydrogen-bond donors (Lipinski definition) is 0. The maximum Gasteiger partial charge on any atom is 0.340 e. The Kier molecular flexibility index (Phi) is 5.45. The van der Waals surface area contributed by atoms with E-state index in [4.69, 9.17) is 4.74 Å². The van der Waals surface area contributed by atoms with E-state index >= 15 is 0 Å². The normalized spacial score (nSPS) is 12.6. The topological polar surface area (TPSA) is 80.8 Å². The Morgan fingerprint density at radius 1 is 0.806 bits per heavy atom. The van der Waals surface area contributed by atoms with Crippen LogP contribution in [0, 0.1) is 0 Å². The summed E-state index contributed by atoms with van der Waals surface area (Å²) in [5.74, 6) is -2.14. The van der Waals surface area contributed by atoms with Crippen LogP contribution in [0.1, 0.15) is 53.9 Å². The minimum absolute atomic E-state index is 0.0335. The van der Waals surface area contributed by atoms with Crippen molar-refractivity contribution < 1.29 is 23.9 Å². The highest BCUT2D eigenvalue weighted by molar-refractivity contribution is 6.35. The fourth-order valence-electron chi connectivity index (χ4n) is 3.47. The maximum atomic E-state index is 12.8. The zero-order chi connectivity index (χ0) is 22.0. The number of ether oxygens (including phenoxy) is 1. The van der Waals surface area contributed by atoms with Crippen LogP contribution in [0.4, 0.5) is 5.69 Å². The van der Waals surface area contributed by atoms with Crippen molar-refractivity contribution in [3.8, 4) is 0 Å². The van der Waals surface area contributed by atoms with Gasteiger partial charge in [-0.25, -0.2) is 9.69 Å². The van der Waals surface area contributed by atoms with Crippen molar-refractivity contribution in [2.75, 3.05) is 11.5 Å². The Morgan fingerprint density at radius 3 is 2.00 bits per heavy atom. The Balaban J connectivity index is 1.53. The third-order valence-corrected chi connectivity index (χ3v) is 5.18. The zero-order valence-corrected chi connectivity index (χ0v) is 16.8. The number of carbonyl (C=O) groups is 4. The number of nitrogens with zero attached hydrogens (tertiary/aromatic N) is 1. The summed E-state index contributed by atoms with van der Waals surface area (Å²) in [5, 5.41) is 0. The number of carbonyl (C=O) groups excluding carboxylic acids is 4. The molecule has 31 heavy (non-hydrogen) atoms. The number of imide groups is 1. The van der Waals surface area contributed by atoms with Crippen molar-refractivity contribution in [1.29, 1.82) is 0 Å². The smallest absolute Gasteiger partial charge is 0.340 e. The number of benzene rings is 3. The molecule has 0 unspecified atom stereocenters. The molecular formula is C25H19NO5. The van der Waals surface area contributed by atoms with Crippen molar-refractivity contribution in [1.82, 2.24) is 0 Å². The predicted molar refractivity (Wildman–Crippen MR) is 114 cm³/mol. The Labute approximate surface area is 179 Å². The van der Waals surface area contributed by atoms with Crippen LogP contribution in [0.15, 0.2) is 72.8 Å². The molecule has 1 aliphatic rings. The van der Waals surface area contributed by atoms with Crippen LogP contribution in [0.3, 0.4) is 0 Å². The van der Waals surface area contributed by atoms with Gasteiger partial charge in [0.15, 0.2) is 12.4 Å². The molecule has 1 aliphatic heterocycles. The van der Waals surface area contributed by atoms with E-state index in [2.05, 4.69) is 0 Å². The summed E-state index contributed by atoms with van der Waals surface area (Å²) in [6, 6.07) is 19.8. The quantitative estimate of drug-likeness (QED) is 0.345. The van der Waals surface area contributed by atoms with Crippen molar-refractivity contribution in [2.45, 2.75) is 13.3 Å². The summed E-state index contributed by atoms with van der Waals surface area (Å²) >= 11 is 0. The molecule has 6 nitrogen and oxygen atoms in total. The molecule has 6 heteroatoms. The molecule has 154 valence electrons. The van der Waals surface area contributed by atoms with Gasteiger partial charge in [-0.05, 0) is 36.2 Å². The summed E-state index contributed by atoms with van der Waals surface area (Å²) in [4.78, 5) is 51.6. The van der Waals surface area contributed by atoms with Crippen LogP contribution in [0.5, 0.6) is 0 Å². The molecule has 0 saturated carbocycles. The van der Waals surface area contributed by atoms with Gasteiger partial charge in [-0.3, -0.25) is 14.4 Å². The summed E-state index contributed by atoms with van der Waals surface area (Å²) in [6.45, 7) is 1.57. The number of para-hydroxylation sites is 1. The first kappa shape index (κ1) is 20.2. The first-order valence-electron chi connectivity index (χ1n) is 9.87. The Bertz CT molecular complexity index is 1160. The van der Waals surface area contributed by atoms with Crippen LogP contribution in [0.25, 0.3) is 0 Å². The maximum absolute atomic E-state index is 12.8. The number of rotatable bonds is 6. The first-order chi connectivity index (χ1) is 15.0. The van der Waals surface area contributed by atoms with E-state index in [-0.39, 0.29) is 28.2 Å². The molecule has 0 spiro atoms. The number of anilines is 1. The molecule has 3 aromatic rings. The van der Waals surface area contributed by atoms with Gasteiger partial charge in [-0.15, -0.1) is 0 Å². The van der Waals surface area contributed by atoms with E-state index in [0.29, 0.717) is 5.56 Å². The highest BCUT2D eigenvalue weighted by Crippen LogP contribution is 2.31. The van der Waals surface area contributed by atoms with E-state index < -0.39 is 24.4 Å². The molecule has 4 rings (SSSR count). The number of aryl methyl sites for hydroxylation is 1. The minimum atomic E-state index is -0.786. The van der Waals surface area contributed by atoms with Gasteiger partial charge in [0.05, 0.1) is 22.4 Å². The van der Waals surface area contributed by atoms with Gasteiger partial charge in [-0.1, -0.05) is 55.5 Å². The van der Waals surface area contributed by atoms with Crippen LogP contribution in [0.2, 0.25) is 0 Å². The van der Waals surface area contributed by atoms with Crippen molar-refractivity contribution in [3.63, 3.8) is 0 Å². The molecule has 0 saturated heterocycles. The van der Waals surface area contributed by atoms with Gasteiger partial charge in [0, 0.05) is 5.56 Å². The van der Waals surface area contributed by atoms with Gasteiger partial charge in [0.25, 0.3) is 11.8 Å². The lowest BCUT2D eigenvalue weighted by Gasteiger charge is -2.17. The highest BCUT2D eigenvalue weighted by atomic mass is 16.5.